The van der Waals surface area contributed by atoms with Crippen molar-refractivity contribution in [3.63, 3.8) is 0 Å². The normalized spacial score (nSPS) is 19.7. The molecule has 0 amide bonds. The summed E-state index contributed by atoms with van der Waals surface area (Å²) in [5.74, 6) is 2.70. The molecule has 2 heterocycles. The Kier molecular flexibility index (Phi) is 3.58. The van der Waals surface area contributed by atoms with Crippen molar-refractivity contribution in [2.75, 3.05) is 19.1 Å². The van der Waals surface area contributed by atoms with Crippen molar-refractivity contribution < 1.29 is 14.3 Å². The van der Waals surface area contributed by atoms with E-state index in [9.17, 15) is 5.11 Å². The fourth-order valence-corrected chi connectivity index (χ4v) is 4.40. The number of benzene rings is 1. The molecule has 0 saturated heterocycles. The number of fused-ring (bicyclic) bond motifs is 1. The zero-order valence-electron chi connectivity index (χ0n) is 13.5. The van der Waals surface area contributed by atoms with Crippen LogP contribution in [0.5, 0.6) is 5.75 Å². The van der Waals surface area contributed by atoms with Crippen LogP contribution in [-0.2, 0) is 0 Å². The fraction of sp³-hybridized carbons (Fsp3) is 0.444. The van der Waals surface area contributed by atoms with E-state index in [1.165, 1.54) is 10.6 Å². The first-order valence-electron chi connectivity index (χ1n) is 7.95. The summed E-state index contributed by atoms with van der Waals surface area (Å²) in [6, 6.07) is 7.96. The van der Waals surface area contributed by atoms with Crippen LogP contribution < -0.4 is 4.74 Å². The molecule has 1 aliphatic heterocycles. The van der Waals surface area contributed by atoms with Crippen LogP contribution in [0.25, 0.3) is 11.0 Å². The monoisotopic (exact) mass is 331 g/mol. The summed E-state index contributed by atoms with van der Waals surface area (Å²) in [7, 11) is 0. The second-order valence-electron chi connectivity index (χ2n) is 6.44. The highest BCUT2D eigenvalue weighted by Crippen LogP contribution is 2.48. The maximum Gasteiger partial charge on any atom is 0.134 e. The van der Waals surface area contributed by atoms with E-state index in [0.717, 1.165) is 41.2 Å². The number of aliphatic hydroxyl groups is 1. The minimum Gasteiger partial charge on any atom is -0.488 e. The Hall–Kier alpha value is -1.59. The Morgan fingerprint density at radius 1 is 1.30 bits per heavy atom. The molecular formula is C18H21NO3S. The van der Waals surface area contributed by atoms with Gasteiger partial charge in [0.15, 0.2) is 0 Å². The molecule has 0 radical (unpaired) electrons. The molecule has 4 rings (SSSR count). The van der Waals surface area contributed by atoms with Gasteiger partial charge in [-0.1, -0.05) is 0 Å². The second kappa shape index (κ2) is 5.49. The number of hydrogen-bond acceptors (Lipinski definition) is 5. The molecule has 1 N–H and O–H groups in total. The van der Waals surface area contributed by atoms with E-state index < -0.39 is 0 Å². The van der Waals surface area contributed by atoms with Gasteiger partial charge in [0.25, 0.3) is 0 Å². The molecule has 0 atom stereocenters. The molecule has 2 aliphatic rings. The van der Waals surface area contributed by atoms with Gasteiger partial charge in [-0.2, -0.15) is 0 Å². The number of furan rings is 1. The predicted molar refractivity (Wildman–Crippen MR) is 92.5 cm³/mol. The van der Waals surface area contributed by atoms with Crippen molar-refractivity contribution in [3.05, 3.63) is 40.6 Å². The summed E-state index contributed by atoms with van der Waals surface area (Å²) < 4.78 is 11.6. The average Bonchev–Trinajstić information content (AvgIpc) is 3.12. The third kappa shape index (κ3) is 2.62. The summed E-state index contributed by atoms with van der Waals surface area (Å²) >= 11 is 1.82. The maximum absolute atomic E-state index is 9.62. The molecule has 0 spiro atoms. The SMILES string of the molecule is CC1=C(COc2ccc3oc(C)cc3c2)SCN1C1(CO)CC1. The number of hydrogen-bond donors (Lipinski definition) is 1. The molecule has 0 bridgehead atoms. The van der Waals surface area contributed by atoms with Crippen molar-refractivity contribution in [1.29, 1.82) is 0 Å². The minimum atomic E-state index is 0.00602. The molecule has 2 aromatic rings. The molecule has 4 nitrogen and oxygen atoms in total. The van der Waals surface area contributed by atoms with Crippen LogP contribution >= 0.6 is 11.8 Å². The Balaban J connectivity index is 1.47. The van der Waals surface area contributed by atoms with E-state index in [-0.39, 0.29) is 12.1 Å². The molecule has 1 aliphatic carbocycles. The van der Waals surface area contributed by atoms with Gasteiger partial charge in [0.05, 0.1) is 18.0 Å². The Bertz CT molecular complexity index is 776. The number of aliphatic hydroxyl groups excluding tert-OH is 1. The van der Waals surface area contributed by atoms with Gasteiger partial charge < -0.3 is 19.2 Å². The number of allylic oxidation sites excluding steroid dienone is 1. The first kappa shape index (κ1) is 15.0. The van der Waals surface area contributed by atoms with E-state index in [4.69, 9.17) is 9.15 Å². The molecule has 122 valence electrons. The summed E-state index contributed by atoms with van der Waals surface area (Å²) in [5.41, 5.74) is 2.15. The van der Waals surface area contributed by atoms with E-state index >= 15 is 0 Å². The minimum absolute atomic E-state index is 0.00602. The summed E-state index contributed by atoms with van der Waals surface area (Å²) in [6.07, 6.45) is 2.18. The standard InChI is InChI=1S/C18H21NO3S/c1-12-7-14-8-15(3-4-16(14)22-12)21-9-17-13(2)19(11-23-17)18(10-20)5-6-18/h3-4,7-8,20H,5-6,9-11H2,1-2H3. The van der Waals surface area contributed by atoms with Crippen LogP contribution in [0.4, 0.5) is 0 Å². The van der Waals surface area contributed by atoms with Crippen molar-refractivity contribution in [1.82, 2.24) is 4.90 Å². The van der Waals surface area contributed by atoms with Crippen molar-refractivity contribution >= 4 is 22.7 Å². The third-order valence-corrected chi connectivity index (χ3v) is 6.00. The lowest BCUT2D eigenvalue weighted by atomic mass is 10.2. The Morgan fingerprint density at radius 3 is 2.87 bits per heavy atom. The molecule has 1 aromatic carbocycles. The van der Waals surface area contributed by atoms with Gasteiger partial charge in [-0.05, 0) is 51.0 Å². The predicted octanol–water partition coefficient (Wildman–Crippen LogP) is 3.88. The van der Waals surface area contributed by atoms with E-state index in [0.29, 0.717) is 6.61 Å². The highest BCUT2D eigenvalue weighted by Gasteiger charge is 2.49. The first-order valence-corrected chi connectivity index (χ1v) is 8.94. The summed E-state index contributed by atoms with van der Waals surface area (Å²) in [5, 5.41) is 10.7. The maximum atomic E-state index is 9.62. The molecule has 0 unspecified atom stereocenters. The zero-order valence-corrected chi connectivity index (χ0v) is 14.3. The number of ether oxygens (including phenoxy) is 1. The van der Waals surface area contributed by atoms with Crippen LogP contribution in [0.15, 0.2) is 39.3 Å². The summed E-state index contributed by atoms with van der Waals surface area (Å²) in [4.78, 5) is 3.60. The Morgan fingerprint density at radius 2 is 2.13 bits per heavy atom. The highest BCUT2D eigenvalue weighted by molar-refractivity contribution is 8.03. The molecule has 1 saturated carbocycles. The lowest BCUT2D eigenvalue weighted by Crippen LogP contribution is -2.36. The topological polar surface area (TPSA) is 45.8 Å². The van der Waals surface area contributed by atoms with E-state index in [1.54, 1.807) is 0 Å². The Labute approximate surface area is 140 Å². The van der Waals surface area contributed by atoms with Gasteiger partial charge in [0.1, 0.15) is 23.7 Å². The lowest BCUT2D eigenvalue weighted by molar-refractivity contribution is 0.153. The van der Waals surface area contributed by atoms with Crippen LogP contribution in [0.1, 0.15) is 25.5 Å². The van der Waals surface area contributed by atoms with Crippen LogP contribution in [0, 0.1) is 6.92 Å². The second-order valence-corrected chi connectivity index (χ2v) is 7.48. The molecule has 5 heteroatoms. The number of rotatable bonds is 5. The lowest BCUT2D eigenvalue weighted by Gasteiger charge is -2.28. The van der Waals surface area contributed by atoms with Crippen LogP contribution in [-0.4, -0.2) is 34.6 Å². The van der Waals surface area contributed by atoms with Crippen molar-refractivity contribution in [3.8, 4) is 5.75 Å². The largest absolute Gasteiger partial charge is 0.488 e. The van der Waals surface area contributed by atoms with Gasteiger partial charge in [-0.15, -0.1) is 11.8 Å². The van der Waals surface area contributed by atoms with Gasteiger partial charge in [0, 0.05) is 16.0 Å². The number of thioether (sulfide) groups is 1. The number of nitrogens with zero attached hydrogens (tertiary/aromatic N) is 1. The third-order valence-electron chi connectivity index (χ3n) is 4.85. The molecule has 1 fully saturated rings. The number of aryl methyl sites for hydroxylation is 1. The summed E-state index contributed by atoms with van der Waals surface area (Å²) in [6.45, 7) is 4.91. The zero-order chi connectivity index (χ0) is 16.0. The quantitative estimate of drug-likeness (QED) is 0.901. The van der Waals surface area contributed by atoms with Gasteiger partial charge >= 0.3 is 0 Å². The van der Waals surface area contributed by atoms with Crippen LogP contribution in [0.2, 0.25) is 0 Å². The first-order chi connectivity index (χ1) is 11.1. The van der Waals surface area contributed by atoms with E-state index in [2.05, 4.69) is 11.8 Å². The molecular weight excluding hydrogens is 310 g/mol. The highest BCUT2D eigenvalue weighted by atomic mass is 32.2. The molecule has 23 heavy (non-hydrogen) atoms. The van der Waals surface area contributed by atoms with Gasteiger partial charge in [0.2, 0.25) is 0 Å². The average molecular weight is 331 g/mol. The van der Waals surface area contributed by atoms with Crippen LogP contribution in [0.3, 0.4) is 0 Å². The van der Waals surface area contributed by atoms with Crippen molar-refractivity contribution in [2.24, 2.45) is 0 Å². The van der Waals surface area contributed by atoms with Gasteiger partial charge in [-0.25, -0.2) is 0 Å². The van der Waals surface area contributed by atoms with Crippen molar-refractivity contribution in [2.45, 2.75) is 32.2 Å². The molecule has 1 aromatic heterocycles. The van der Waals surface area contributed by atoms with E-state index in [1.807, 2.05) is 43.0 Å². The smallest absolute Gasteiger partial charge is 0.134 e. The van der Waals surface area contributed by atoms with Gasteiger partial charge in [-0.3, -0.25) is 0 Å². The fourth-order valence-electron chi connectivity index (χ4n) is 3.18.